The number of hydrogen-bond acceptors (Lipinski definition) is 5. The molecule has 2 rings (SSSR count). The summed E-state index contributed by atoms with van der Waals surface area (Å²) in [7, 11) is 0. The summed E-state index contributed by atoms with van der Waals surface area (Å²) < 4.78 is 2.73. The van der Waals surface area contributed by atoms with E-state index in [9.17, 15) is 0 Å². The molecule has 0 spiro atoms. The first-order valence-corrected chi connectivity index (χ1v) is 6.68. The first-order chi connectivity index (χ1) is 8.15. The van der Waals surface area contributed by atoms with Gasteiger partial charge < -0.3 is 5.32 Å². The minimum Gasteiger partial charge on any atom is -0.360 e. The molecule has 0 aliphatic rings. The van der Waals surface area contributed by atoms with Crippen molar-refractivity contribution in [1.82, 2.24) is 20.0 Å². The van der Waals surface area contributed by atoms with Gasteiger partial charge in [-0.05, 0) is 38.6 Å². The molecule has 0 aliphatic carbocycles. The Morgan fingerprint density at radius 3 is 2.94 bits per heavy atom. The predicted molar refractivity (Wildman–Crippen MR) is 72.1 cm³/mol. The van der Waals surface area contributed by atoms with Gasteiger partial charge in [0.1, 0.15) is 0 Å². The highest BCUT2D eigenvalue weighted by Crippen LogP contribution is 2.10. The fourth-order valence-electron chi connectivity index (χ4n) is 1.63. The van der Waals surface area contributed by atoms with E-state index in [1.165, 1.54) is 17.0 Å². The second kappa shape index (κ2) is 5.42. The van der Waals surface area contributed by atoms with Crippen molar-refractivity contribution in [2.24, 2.45) is 0 Å². The molecule has 5 nitrogen and oxygen atoms in total. The molecule has 0 saturated heterocycles. The van der Waals surface area contributed by atoms with Gasteiger partial charge in [0, 0.05) is 18.8 Å². The van der Waals surface area contributed by atoms with Crippen LogP contribution < -0.4 is 5.32 Å². The van der Waals surface area contributed by atoms with E-state index >= 15 is 0 Å². The van der Waals surface area contributed by atoms with E-state index in [0.717, 1.165) is 30.3 Å². The first-order valence-electron chi connectivity index (χ1n) is 5.45. The average molecular weight is 269 g/mol. The second-order valence-electron chi connectivity index (χ2n) is 3.85. The molecule has 7 heteroatoms. The van der Waals surface area contributed by atoms with Crippen LogP contribution in [0, 0.1) is 17.8 Å². The van der Waals surface area contributed by atoms with Crippen LogP contribution in [0.5, 0.6) is 0 Å². The van der Waals surface area contributed by atoms with Crippen molar-refractivity contribution in [3.63, 3.8) is 0 Å². The summed E-state index contributed by atoms with van der Waals surface area (Å²) in [5.41, 5.74) is 2.28. The Morgan fingerprint density at radius 1 is 1.53 bits per heavy atom. The highest BCUT2D eigenvalue weighted by molar-refractivity contribution is 7.73. The highest BCUT2D eigenvalue weighted by atomic mass is 32.1. The lowest BCUT2D eigenvalue weighted by Gasteiger charge is -2.04. The standard InChI is InChI=1S/C10H15N5S2/c1-7-6-8(2)15(14-7)5-3-4-11-9-12-13-10(16)17-9/h6H,3-5H2,1-2H3,(H,11,12)(H,13,16). The molecular formula is C10H15N5S2. The summed E-state index contributed by atoms with van der Waals surface area (Å²) in [6.07, 6.45) is 1.01. The van der Waals surface area contributed by atoms with Crippen LogP contribution >= 0.6 is 23.6 Å². The largest absolute Gasteiger partial charge is 0.360 e. The number of aromatic nitrogens is 4. The SMILES string of the molecule is Cc1cc(C)n(CCCNc2n[nH]c(=S)s2)n1. The second-order valence-corrected chi connectivity index (χ2v) is 5.51. The Balaban J connectivity index is 1.76. The van der Waals surface area contributed by atoms with Crippen LogP contribution in [0.3, 0.4) is 0 Å². The number of aromatic amines is 1. The van der Waals surface area contributed by atoms with Gasteiger partial charge in [-0.2, -0.15) is 5.10 Å². The Kier molecular flexibility index (Phi) is 3.90. The molecular weight excluding hydrogens is 254 g/mol. The summed E-state index contributed by atoms with van der Waals surface area (Å²) in [4.78, 5) is 0. The van der Waals surface area contributed by atoms with Gasteiger partial charge in [0.25, 0.3) is 0 Å². The van der Waals surface area contributed by atoms with Crippen molar-refractivity contribution in [3.05, 3.63) is 21.4 Å². The van der Waals surface area contributed by atoms with Gasteiger partial charge in [0.05, 0.1) is 5.69 Å². The van der Waals surface area contributed by atoms with Gasteiger partial charge in [0.15, 0.2) is 3.95 Å². The quantitative estimate of drug-likeness (QED) is 0.647. The Bertz CT molecular complexity index is 539. The van der Waals surface area contributed by atoms with Crippen LogP contribution in [0.1, 0.15) is 17.8 Å². The van der Waals surface area contributed by atoms with Crippen molar-refractivity contribution in [2.45, 2.75) is 26.8 Å². The number of rotatable bonds is 5. The molecule has 92 valence electrons. The highest BCUT2D eigenvalue weighted by Gasteiger charge is 2.00. The Morgan fingerprint density at radius 2 is 2.35 bits per heavy atom. The fraction of sp³-hybridized carbons (Fsp3) is 0.500. The topological polar surface area (TPSA) is 58.5 Å². The lowest BCUT2D eigenvalue weighted by molar-refractivity contribution is 0.573. The van der Waals surface area contributed by atoms with Crippen LogP contribution in [0.15, 0.2) is 6.07 Å². The normalized spacial score (nSPS) is 10.7. The molecule has 0 unspecified atom stereocenters. The van der Waals surface area contributed by atoms with Crippen LogP contribution in [-0.4, -0.2) is 26.5 Å². The maximum Gasteiger partial charge on any atom is 0.204 e. The van der Waals surface area contributed by atoms with Gasteiger partial charge in [0.2, 0.25) is 5.13 Å². The lowest BCUT2D eigenvalue weighted by Crippen LogP contribution is -2.08. The zero-order chi connectivity index (χ0) is 12.3. The number of anilines is 1. The summed E-state index contributed by atoms with van der Waals surface area (Å²) in [6, 6.07) is 2.09. The van der Waals surface area contributed by atoms with Crippen molar-refractivity contribution in [3.8, 4) is 0 Å². The maximum absolute atomic E-state index is 4.95. The minimum atomic E-state index is 0.700. The summed E-state index contributed by atoms with van der Waals surface area (Å²) in [5.74, 6) is 0. The number of aryl methyl sites for hydroxylation is 3. The van der Waals surface area contributed by atoms with E-state index in [1.807, 2.05) is 11.6 Å². The molecule has 0 radical (unpaired) electrons. The molecule has 2 heterocycles. The summed E-state index contributed by atoms with van der Waals surface area (Å²) in [6.45, 7) is 5.88. The van der Waals surface area contributed by atoms with E-state index in [1.54, 1.807) is 0 Å². The molecule has 0 saturated carbocycles. The smallest absolute Gasteiger partial charge is 0.204 e. The molecule has 0 fully saturated rings. The maximum atomic E-state index is 4.95. The van der Waals surface area contributed by atoms with Gasteiger partial charge in [-0.15, -0.1) is 5.10 Å². The van der Waals surface area contributed by atoms with Crippen LogP contribution in [-0.2, 0) is 6.54 Å². The van der Waals surface area contributed by atoms with Gasteiger partial charge >= 0.3 is 0 Å². The van der Waals surface area contributed by atoms with E-state index < -0.39 is 0 Å². The molecule has 0 atom stereocenters. The van der Waals surface area contributed by atoms with E-state index in [2.05, 4.69) is 33.6 Å². The molecule has 17 heavy (non-hydrogen) atoms. The zero-order valence-corrected chi connectivity index (χ0v) is 11.5. The third-order valence-corrected chi connectivity index (χ3v) is 3.41. The third kappa shape index (κ3) is 3.37. The Labute approximate surface area is 109 Å². The minimum absolute atomic E-state index is 0.700. The third-order valence-electron chi connectivity index (χ3n) is 2.36. The van der Waals surface area contributed by atoms with E-state index in [-0.39, 0.29) is 0 Å². The van der Waals surface area contributed by atoms with Crippen LogP contribution in [0.2, 0.25) is 0 Å². The molecule has 0 amide bonds. The predicted octanol–water partition coefficient (Wildman–Crippen LogP) is 2.52. The van der Waals surface area contributed by atoms with Gasteiger partial charge in [-0.1, -0.05) is 11.3 Å². The zero-order valence-electron chi connectivity index (χ0n) is 9.86. The molecule has 0 aliphatic heterocycles. The fourth-order valence-corrected chi connectivity index (χ4v) is 2.45. The first kappa shape index (κ1) is 12.3. The number of nitrogens with zero attached hydrogens (tertiary/aromatic N) is 3. The lowest BCUT2D eigenvalue weighted by atomic mass is 10.4. The monoisotopic (exact) mass is 269 g/mol. The Hall–Kier alpha value is -1.21. The van der Waals surface area contributed by atoms with Crippen molar-refractivity contribution < 1.29 is 0 Å². The molecule has 0 aromatic carbocycles. The number of nitrogens with one attached hydrogen (secondary N) is 2. The van der Waals surface area contributed by atoms with Gasteiger partial charge in [-0.25, -0.2) is 0 Å². The summed E-state index contributed by atoms with van der Waals surface area (Å²) >= 11 is 6.41. The van der Waals surface area contributed by atoms with Gasteiger partial charge in [-0.3, -0.25) is 9.78 Å². The average Bonchev–Trinajstić information content (AvgIpc) is 2.81. The van der Waals surface area contributed by atoms with Crippen LogP contribution in [0.4, 0.5) is 5.13 Å². The van der Waals surface area contributed by atoms with E-state index in [4.69, 9.17) is 12.2 Å². The van der Waals surface area contributed by atoms with Crippen molar-refractivity contribution in [1.29, 1.82) is 0 Å². The summed E-state index contributed by atoms with van der Waals surface area (Å²) in [5, 5.41) is 15.3. The molecule has 2 aromatic heterocycles. The molecule has 0 bridgehead atoms. The number of hydrogen-bond donors (Lipinski definition) is 2. The van der Waals surface area contributed by atoms with E-state index in [0.29, 0.717) is 3.95 Å². The van der Waals surface area contributed by atoms with Crippen molar-refractivity contribution in [2.75, 3.05) is 11.9 Å². The van der Waals surface area contributed by atoms with Crippen LogP contribution in [0.25, 0.3) is 0 Å². The molecule has 2 N–H and O–H groups in total. The van der Waals surface area contributed by atoms with Crippen molar-refractivity contribution >= 4 is 28.7 Å². The molecule has 2 aromatic rings. The number of H-pyrrole nitrogens is 1.